The average Bonchev–Trinajstić information content (AvgIpc) is 3.13. The van der Waals surface area contributed by atoms with Gasteiger partial charge in [0.1, 0.15) is 16.7 Å². The molecule has 0 N–H and O–H groups in total. The molecule has 158 valence electrons. The minimum atomic E-state index is -0.0575. The molecule has 1 aromatic carbocycles. The van der Waals surface area contributed by atoms with Gasteiger partial charge in [0.25, 0.3) is 0 Å². The third kappa shape index (κ3) is 3.65. The van der Waals surface area contributed by atoms with Crippen LogP contribution in [0.5, 0.6) is 0 Å². The molecule has 2 aliphatic heterocycles. The summed E-state index contributed by atoms with van der Waals surface area (Å²) in [6.07, 6.45) is 4.79. The molecule has 0 amide bonds. The molecule has 5 rings (SSSR count). The predicted molar refractivity (Wildman–Crippen MR) is 122 cm³/mol. The van der Waals surface area contributed by atoms with E-state index in [1.807, 2.05) is 10.7 Å². The van der Waals surface area contributed by atoms with E-state index in [1.54, 1.807) is 6.33 Å². The summed E-state index contributed by atoms with van der Waals surface area (Å²) in [4.78, 5) is 13.9. The van der Waals surface area contributed by atoms with Crippen molar-refractivity contribution in [3.8, 4) is 0 Å². The highest BCUT2D eigenvalue weighted by atomic mass is 79.9. The maximum Gasteiger partial charge on any atom is 0.167 e. The monoisotopic (exact) mass is 490 g/mol. The summed E-state index contributed by atoms with van der Waals surface area (Å²) in [5, 5.41) is 6.44. The van der Waals surface area contributed by atoms with E-state index in [-0.39, 0.29) is 6.23 Å². The summed E-state index contributed by atoms with van der Waals surface area (Å²) < 4.78 is 8.63. The number of benzene rings is 1. The van der Waals surface area contributed by atoms with Gasteiger partial charge >= 0.3 is 0 Å². The molecule has 0 bridgehead atoms. The van der Waals surface area contributed by atoms with Crippen molar-refractivity contribution in [1.82, 2.24) is 19.7 Å². The van der Waals surface area contributed by atoms with E-state index in [4.69, 9.17) is 21.4 Å². The van der Waals surface area contributed by atoms with E-state index < -0.39 is 0 Å². The second kappa shape index (κ2) is 8.32. The Bertz CT molecular complexity index is 1060. The normalized spacial score (nSPS) is 20.2. The lowest BCUT2D eigenvalue weighted by Gasteiger charge is -2.37. The smallest absolute Gasteiger partial charge is 0.167 e. The van der Waals surface area contributed by atoms with Crippen LogP contribution in [0.4, 0.5) is 11.5 Å². The Hall–Kier alpha value is -1.90. The van der Waals surface area contributed by atoms with Crippen LogP contribution in [0.1, 0.15) is 31.1 Å². The van der Waals surface area contributed by atoms with Crippen molar-refractivity contribution in [2.45, 2.75) is 32.4 Å². The standard InChI is InChI=1S/C21H24BrClN6O/c1-14-5-6-15(23)12-16(14)27-7-9-28(10-8-27)20-18-19(22)26-29(21(18)25-13-24-20)17-4-2-3-11-30-17/h5-6,12-13,17H,2-4,7-11H2,1H3. The van der Waals surface area contributed by atoms with Crippen LogP contribution in [0.25, 0.3) is 11.0 Å². The van der Waals surface area contributed by atoms with Crippen molar-refractivity contribution in [1.29, 1.82) is 0 Å². The first kappa shape index (κ1) is 20.0. The van der Waals surface area contributed by atoms with Gasteiger partial charge in [-0.3, -0.25) is 0 Å². The first-order valence-corrected chi connectivity index (χ1v) is 11.6. The van der Waals surface area contributed by atoms with Gasteiger partial charge in [0.05, 0.1) is 5.39 Å². The minimum absolute atomic E-state index is 0.0575. The Morgan fingerprint density at radius 2 is 1.90 bits per heavy atom. The SMILES string of the molecule is Cc1ccc(Cl)cc1N1CCN(c2ncnc3c2c(Br)nn3C2CCCCO2)CC1. The lowest BCUT2D eigenvalue weighted by atomic mass is 10.1. The number of rotatable bonds is 3. The fourth-order valence-corrected chi connectivity index (χ4v) is 5.05. The molecule has 1 atom stereocenters. The summed E-state index contributed by atoms with van der Waals surface area (Å²) in [6, 6.07) is 6.08. The van der Waals surface area contributed by atoms with Crippen molar-refractivity contribution in [3.05, 3.63) is 39.7 Å². The third-order valence-electron chi connectivity index (χ3n) is 5.95. The minimum Gasteiger partial charge on any atom is -0.368 e. The quantitative estimate of drug-likeness (QED) is 0.535. The third-order valence-corrected chi connectivity index (χ3v) is 6.74. The van der Waals surface area contributed by atoms with E-state index in [1.165, 1.54) is 11.3 Å². The Kier molecular flexibility index (Phi) is 5.56. The molecule has 4 heterocycles. The summed E-state index contributed by atoms with van der Waals surface area (Å²) in [7, 11) is 0. The maximum absolute atomic E-state index is 6.23. The van der Waals surface area contributed by atoms with Crippen molar-refractivity contribution in [2.24, 2.45) is 0 Å². The zero-order valence-corrected chi connectivity index (χ0v) is 19.2. The van der Waals surface area contributed by atoms with Crippen LogP contribution < -0.4 is 9.80 Å². The van der Waals surface area contributed by atoms with E-state index in [2.05, 4.69) is 54.8 Å². The van der Waals surface area contributed by atoms with Gasteiger partial charge in [-0.25, -0.2) is 14.6 Å². The molecule has 9 heteroatoms. The van der Waals surface area contributed by atoms with E-state index >= 15 is 0 Å². The summed E-state index contributed by atoms with van der Waals surface area (Å²) in [5.41, 5.74) is 3.28. The molecule has 0 saturated carbocycles. The predicted octanol–water partition coefficient (Wildman–Crippen LogP) is 4.58. The van der Waals surface area contributed by atoms with Gasteiger partial charge in [0.2, 0.25) is 0 Å². The molecule has 1 unspecified atom stereocenters. The second-order valence-electron chi connectivity index (χ2n) is 7.86. The number of nitrogens with zero attached hydrogens (tertiary/aromatic N) is 6. The Balaban J connectivity index is 1.41. The average molecular weight is 492 g/mol. The van der Waals surface area contributed by atoms with Gasteiger partial charge in [-0.05, 0) is 59.8 Å². The lowest BCUT2D eigenvalue weighted by Crippen LogP contribution is -2.47. The van der Waals surface area contributed by atoms with Crippen molar-refractivity contribution >= 4 is 50.1 Å². The van der Waals surface area contributed by atoms with Crippen LogP contribution >= 0.6 is 27.5 Å². The molecule has 3 aromatic rings. The molecule has 0 spiro atoms. The lowest BCUT2D eigenvalue weighted by molar-refractivity contribution is -0.0371. The van der Waals surface area contributed by atoms with Crippen LogP contribution in [-0.4, -0.2) is 52.5 Å². The summed E-state index contributed by atoms with van der Waals surface area (Å²) in [6.45, 7) is 6.46. The van der Waals surface area contributed by atoms with Crippen LogP contribution in [0.2, 0.25) is 5.02 Å². The number of halogens is 2. The molecule has 7 nitrogen and oxygen atoms in total. The summed E-state index contributed by atoms with van der Waals surface area (Å²) >= 11 is 9.88. The van der Waals surface area contributed by atoms with Gasteiger partial charge in [0.15, 0.2) is 11.9 Å². The number of aryl methyl sites for hydroxylation is 1. The maximum atomic E-state index is 6.23. The van der Waals surface area contributed by atoms with Crippen LogP contribution in [0.15, 0.2) is 29.1 Å². The zero-order valence-electron chi connectivity index (χ0n) is 16.9. The zero-order chi connectivity index (χ0) is 20.7. The topological polar surface area (TPSA) is 59.3 Å². The van der Waals surface area contributed by atoms with Crippen LogP contribution in [-0.2, 0) is 4.74 Å². The highest BCUT2D eigenvalue weighted by Crippen LogP contribution is 2.34. The Morgan fingerprint density at radius 3 is 2.67 bits per heavy atom. The Labute approximate surface area is 189 Å². The number of ether oxygens (including phenoxy) is 1. The highest BCUT2D eigenvalue weighted by molar-refractivity contribution is 9.10. The number of hydrogen-bond donors (Lipinski definition) is 0. The first-order valence-electron chi connectivity index (χ1n) is 10.4. The number of aromatic nitrogens is 4. The van der Waals surface area contributed by atoms with Gasteiger partial charge in [-0.2, -0.15) is 5.10 Å². The number of hydrogen-bond acceptors (Lipinski definition) is 6. The fraction of sp³-hybridized carbons (Fsp3) is 0.476. The molecule has 0 aliphatic carbocycles. The van der Waals surface area contributed by atoms with Crippen molar-refractivity contribution in [3.63, 3.8) is 0 Å². The number of anilines is 2. The summed E-state index contributed by atoms with van der Waals surface area (Å²) in [5.74, 6) is 0.927. The first-order chi connectivity index (χ1) is 14.6. The number of piperazine rings is 1. The fourth-order valence-electron chi connectivity index (χ4n) is 4.36. The van der Waals surface area contributed by atoms with Gasteiger partial charge < -0.3 is 14.5 Å². The van der Waals surface area contributed by atoms with Gasteiger partial charge in [-0.1, -0.05) is 17.7 Å². The Morgan fingerprint density at radius 1 is 1.10 bits per heavy atom. The molecule has 2 saturated heterocycles. The van der Waals surface area contributed by atoms with Gasteiger partial charge in [-0.15, -0.1) is 0 Å². The molecular formula is C21H24BrClN6O. The second-order valence-corrected chi connectivity index (χ2v) is 9.04. The highest BCUT2D eigenvalue weighted by Gasteiger charge is 2.27. The van der Waals surface area contributed by atoms with Crippen LogP contribution in [0.3, 0.4) is 0 Å². The number of fused-ring (bicyclic) bond motifs is 1. The van der Waals surface area contributed by atoms with Gasteiger partial charge in [0, 0.05) is 43.5 Å². The molecule has 0 radical (unpaired) electrons. The van der Waals surface area contributed by atoms with Crippen LogP contribution in [0, 0.1) is 6.92 Å². The van der Waals surface area contributed by atoms with E-state index in [0.29, 0.717) is 0 Å². The van der Waals surface area contributed by atoms with E-state index in [9.17, 15) is 0 Å². The molecular weight excluding hydrogens is 468 g/mol. The molecule has 30 heavy (non-hydrogen) atoms. The molecule has 2 aliphatic rings. The molecule has 2 aromatic heterocycles. The molecule has 2 fully saturated rings. The van der Waals surface area contributed by atoms with Crippen molar-refractivity contribution < 1.29 is 4.74 Å². The largest absolute Gasteiger partial charge is 0.368 e. The van der Waals surface area contributed by atoms with E-state index in [0.717, 1.165) is 78.5 Å². The van der Waals surface area contributed by atoms with Crippen molar-refractivity contribution in [2.75, 3.05) is 42.6 Å².